The van der Waals surface area contributed by atoms with E-state index in [2.05, 4.69) is 20.5 Å². The summed E-state index contributed by atoms with van der Waals surface area (Å²) in [5.74, 6) is 0.280. The fourth-order valence-corrected chi connectivity index (χ4v) is 3.76. The van der Waals surface area contributed by atoms with Crippen molar-refractivity contribution in [3.8, 4) is 0 Å². The maximum Gasteiger partial charge on any atom is 0.222 e. The van der Waals surface area contributed by atoms with Crippen molar-refractivity contribution in [1.29, 1.82) is 0 Å². The summed E-state index contributed by atoms with van der Waals surface area (Å²) in [5, 5.41) is 0. The van der Waals surface area contributed by atoms with Gasteiger partial charge in [0, 0.05) is 58.1 Å². The van der Waals surface area contributed by atoms with Crippen LogP contribution in [0.4, 0.5) is 0 Å². The number of hydrogen-bond donors (Lipinski definition) is 0. The number of carbonyl (C=O) groups is 1. The van der Waals surface area contributed by atoms with Crippen molar-refractivity contribution in [3.05, 3.63) is 36.3 Å². The molecule has 134 valence electrons. The van der Waals surface area contributed by atoms with Crippen LogP contribution in [0.1, 0.15) is 31.4 Å². The van der Waals surface area contributed by atoms with Gasteiger partial charge in [0.2, 0.25) is 5.91 Å². The summed E-state index contributed by atoms with van der Waals surface area (Å²) in [7, 11) is 0. The van der Waals surface area contributed by atoms with E-state index in [9.17, 15) is 4.79 Å². The van der Waals surface area contributed by atoms with Gasteiger partial charge in [0.15, 0.2) is 0 Å². The molecule has 2 aliphatic heterocycles. The molecule has 0 N–H and O–H groups in total. The summed E-state index contributed by atoms with van der Waals surface area (Å²) in [6.45, 7) is 5.18. The van der Waals surface area contributed by atoms with Crippen LogP contribution in [0.3, 0.4) is 0 Å². The Labute approximate surface area is 148 Å². The Hall–Kier alpha value is -1.92. The number of ether oxygens (including phenoxy) is 1. The van der Waals surface area contributed by atoms with Crippen molar-refractivity contribution in [2.75, 3.05) is 32.8 Å². The number of nitrogens with zero attached hydrogens (tertiary/aromatic N) is 4. The van der Waals surface area contributed by atoms with E-state index >= 15 is 0 Å². The maximum absolute atomic E-state index is 12.4. The second-order valence-electron chi connectivity index (χ2n) is 7.03. The highest BCUT2D eigenvalue weighted by molar-refractivity contribution is 5.76. The van der Waals surface area contributed by atoms with Gasteiger partial charge in [-0.3, -0.25) is 9.69 Å². The third kappa shape index (κ3) is 4.02. The minimum atomic E-state index is 0.280. The van der Waals surface area contributed by atoms with Gasteiger partial charge in [-0.05, 0) is 31.4 Å². The quantitative estimate of drug-likeness (QED) is 0.833. The number of fused-ring (bicyclic) bond motifs is 1. The fraction of sp³-hybridized carbons (Fsp3) is 0.579. The summed E-state index contributed by atoms with van der Waals surface area (Å²) in [6.07, 6.45) is 8.17. The van der Waals surface area contributed by atoms with Crippen molar-refractivity contribution in [2.24, 2.45) is 0 Å². The molecule has 6 nitrogen and oxygen atoms in total. The van der Waals surface area contributed by atoms with Crippen molar-refractivity contribution in [2.45, 2.75) is 38.3 Å². The Kier molecular flexibility index (Phi) is 4.99. The molecule has 2 saturated heterocycles. The molecule has 0 radical (unpaired) electrons. The second-order valence-corrected chi connectivity index (χ2v) is 7.03. The molecule has 0 spiro atoms. The Morgan fingerprint density at radius 3 is 2.88 bits per heavy atom. The molecule has 2 aliphatic rings. The first-order valence-electron chi connectivity index (χ1n) is 9.32. The normalized spacial score (nSPS) is 21.9. The highest BCUT2D eigenvalue weighted by Crippen LogP contribution is 2.18. The molecule has 0 aromatic carbocycles. The van der Waals surface area contributed by atoms with Crippen LogP contribution < -0.4 is 0 Å². The zero-order valence-electron chi connectivity index (χ0n) is 14.6. The van der Waals surface area contributed by atoms with Crippen LogP contribution in [-0.4, -0.2) is 64.0 Å². The lowest BCUT2D eigenvalue weighted by Crippen LogP contribution is -2.48. The fourth-order valence-electron chi connectivity index (χ4n) is 3.76. The van der Waals surface area contributed by atoms with E-state index < -0.39 is 0 Å². The van der Waals surface area contributed by atoms with Crippen LogP contribution >= 0.6 is 0 Å². The third-order valence-corrected chi connectivity index (χ3v) is 5.23. The highest BCUT2D eigenvalue weighted by Gasteiger charge is 2.23. The lowest BCUT2D eigenvalue weighted by molar-refractivity contribution is -0.133. The van der Waals surface area contributed by atoms with Crippen molar-refractivity contribution < 1.29 is 9.53 Å². The van der Waals surface area contributed by atoms with Gasteiger partial charge in [0.25, 0.3) is 0 Å². The number of imidazole rings is 1. The summed E-state index contributed by atoms with van der Waals surface area (Å²) >= 11 is 0. The van der Waals surface area contributed by atoms with Gasteiger partial charge in [-0.25, -0.2) is 4.98 Å². The first-order chi connectivity index (χ1) is 12.3. The van der Waals surface area contributed by atoms with Crippen molar-refractivity contribution in [1.82, 2.24) is 19.2 Å². The van der Waals surface area contributed by atoms with Gasteiger partial charge in [-0.2, -0.15) is 0 Å². The van der Waals surface area contributed by atoms with Gasteiger partial charge in [-0.1, -0.05) is 6.07 Å². The molecule has 0 bridgehead atoms. The molecule has 0 aliphatic carbocycles. The molecule has 2 fully saturated rings. The summed E-state index contributed by atoms with van der Waals surface area (Å²) in [6, 6.07) is 6.04. The number of carbonyl (C=O) groups excluding carboxylic acids is 1. The minimum Gasteiger partial charge on any atom is -0.378 e. The van der Waals surface area contributed by atoms with E-state index in [0.717, 1.165) is 69.9 Å². The molecule has 25 heavy (non-hydrogen) atoms. The summed E-state index contributed by atoms with van der Waals surface area (Å²) in [4.78, 5) is 21.4. The Bertz CT molecular complexity index is 682. The molecule has 0 saturated carbocycles. The lowest BCUT2D eigenvalue weighted by Gasteiger charge is -2.34. The zero-order chi connectivity index (χ0) is 17.1. The second kappa shape index (κ2) is 7.54. The predicted molar refractivity (Wildman–Crippen MR) is 95.3 cm³/mol. The maximum atomic E-state index is 12.4. The molecule has 2 aromatic heterocycles. The minimum absolute atomic E-state index is 0.280. The van der Waals surface area contributed by atoms with Crippen molar-refractivity contribution in [3.63, 3.8) is 0 Å². The Morgan fingerprint density at radius 1 is 1.24 bits per heavy atom. The van der Waals surface area contributed by atoms with Crippen LogP contribution in [0.25, 0.3) is 5.65 Å². The van der Waals surface area contributed by atoms with Gasteiger partial charge in [0.1, 0.15) is 5.65 Å². The van der Waals surface area contributed by atoms with Crippen molar-refractivity contribution >= 4 is 11.6 Å². The van der Waals surface area contributed by atoms with Crippen LogP contribution in [0.15, 0.2) is 30.6 Å². The number of hydrogen-bond acceptors (Lipinski definition) is 4. The van der Waals surface area contributed by atoms with E-state index in [0.29, 0.717) is 12.5 Å². The van der Waals surface area contributed by atoms with Crippen LogP contribution in [0.5, 0.6) is 0 Å². The first kappa shape index (κ1) is 16.5. The number of rotatable bonds is 5. The molecule has 1 amide bonds. The van der Waals surface area contributed by atoms with Crippen LogP contribution in [0.2, 0.25) is 0 Å². The number of piperazine rings is 1. The molecule has 4 heterocycles. The zero-order valence-corrected chi connectivity index (χ0v) is 14.6. The average Bonchev–Trinajstić information content (AvgIpc) is 3.29. The predicted octanol–water partition coefficient (Wildman–Crippen LogP) is 1.94. The average molecular weight is 342 g/mol. The monoisotopic (exact) mass is 342 g/mol. The Balaban J connectivity index is 1.24. The number of pyridine rings is 1. The largest absolute Gasteiger partial charge is 0.378 e. The van der Waals surface area contributed by atoms with E-state index in [1.807, 2.05) is 29.3 Å². The molecular weight excluding hydrogens is 316 g/mol. The topological polar surface area (TPSA) is 50.1 Å². The summed E-state index contributed by atoms with van der Waals surface area (Å²) in [5.41, 5.74) is 2.07. The number of amides is 1. The van der Waals surface area contributed by atoms with E-state index in [4.69, 9.17) is 4.74 Å². The van der Waals surface area contributed by atoms with Gasteiger partial charge in [0.05, 0.1) is 11.8 Å². The third-order valence-electron chi connectivity index (χ3n) is 5.23. The van der Waals surface area contributed by atoms with Gasteiger partial charge in [-0.15, -0.1) is 0 Å². The van der Waals surface area contributed by atoms with Gasteiger partial charge < -0.3 is 14.0 Å². The van der Waals surface area contributed by atoms with Crippen LogP contribution in [0, 0.1) is 0 Å². The highest BCUT2D eigenvalue weighted by atomic mass is 16.5. The molecule has 6 heteroatoms. The standard InChI is InChI=1S/C19H26N4O2/c24-19(7-6-17-4-3-13-25-17)22-11-9-21(10-12-22)14-16-15-23-8-2-1-5-18(23)20-16/h1-2,5,8,15,17H,3-4,6-7,9-14H2/t17-/m0/s1. The summed E-state index contributed by atoms with van der Waals surface area (Å²) < 4.78 is 7.67. The Morgan fingerprint density at radius 2 is 2.12 bits per heavy atom. The molecular formula is C19H26N4O2. The lowest BCUT2D eigenvalue weighted by atomic mass is 10.1. The van der Waals surface area contributed by atoms with E-state index in [1.165, 1.54) is 0 Å². The van der Waals surface area contributed by atoms with E-state index in [1.54, 1.807) is 0 Å². The molecule has 0 unspecified atom stereocenters. The molecule has 2 aromatic rings. The van der Waals surface area contributed by atoms with Gasteiger partial charge >= 0.3 is 0 Å². The SMILES string of the molecule is O=C(CC[C@@H]1CCCO1)N1CCN(Cc2cn3ccccc3n2)CC1. The number of aromatic nitrogens is 2. The smallest absolute Gasteiger partial charge is 0.222 e. The van der Waals surface area contributed by atoms with E-state index in [-0.39, 0.29) is 5.91 Å². The molecule has 1 atom stereocenters. The molecule has 4 rings (SSSR count). The van der Waals surface area contributed by atoms with Crippen LogP contribution in [-0.2, 0) is 16.1 Å². The first-order valence-corrected chi connectivity index (χ1v) is 9.32.